The van der Waals surface area contributed by atoms with E-state index in [9.17, 15) is 22.0 Å². The minimum absolute atomic E-state index is 0.0751. The van der Waals surface area contributed by atoms with Gasteiger partial charge in [-0.3, -0.25) is 4.79 Å². The van der Waals surface area contributed by atoms with Crippen molar-refractivity contribution in [1.29, 1.82) is 0 Å². The molecule has 29 heavy (non-hydrogen) atoms. The van der Waals surface area contributed by atoms with Crippen LogP contribution >= 0.6 is 11.8 Å². The molecule has 0 saturated carbocycles. The Balaban J connectivity index is 1.50. The summed E-state index contributed by atoms with van der Waals surface area (Å²) in [7, 11) is -3.56. The minimum Gasteiger partial charge on any atom is -0.339 e. The third-order valence-corrected chi connectivity index (χ3v) is 6.98. The molecule has 2 aromatic rings. The van der Waals surface area contributed by atoms with Crippen molar-refractivity contribution >= 4 is 33.8 Å². The predicted molar refractivity (Wildman–Crippen MR) is 110 cm³/mol. The Kier molecular flexibility index (Phi) is 7.05. The lowest BCUT2D eigenvalue weighted by Gasteiger charge is -2.33. The first-order valence-electron chi connectivity index (χ1n) is 8.94. The molecular weight excluding hydrogens is 418 g/mol. The Morgan fingerprint density at radius 2 is 1.69 bits per heavy atom. The van der Waals surface area contributed by atoms with Gasteiger partial charge in [0, 0.05) is 36.5 Å². The maximum absolute atomic E-state index is 13.2. The van der Waals surface area contributed by atoms with E-state index >= 15 is 0 Å². The van der Waals surface area contributed by atoms with Gasteiger partial charge in [0.1, 0.15) is 0 Å². The summed E-state index contributed by atoms with van der Waals surface area (Å²) in [6.45, 7) is 0.997. The Morgan fingerprint density at radius 1 is 1.00 bits per heavy atom. The zero-order valence-corrected chi connectivity index (χ0v) is 17.1. The van der Waals surface area contributed by atoms with Crippen molar-refractivity contribution in [2.45, 2.75) is 4.90 Å². The van der Waals surface area contributed by atoms with Crippen molar-refractivity contribution in [3.8, 4) is 0 Å². The number of amides is 1. The van der Waals surface area contributed by atoms with Gasteiger partial charge in [-0.15, -0.1) is 11.8 Å². The molecule has 0 unspecified atom stereocenters. The van der Waals surface area contributed by atoms with E-state index in [0.29, 0.717) is 4.90 Å². The monoisotopic (exact) mass is 438 g/mol. The maximum atomic E-state index is 13.2. The van der Waals surface area contributed by atoms with E-state index in [4.69, 9.17) is 0 Å². The molecule has 5 nitrogen and oxygen atoms in total. The van der Waals surface area contributed by atoms with Crippen molar-refractivity contribution < 1.29 is 22.0 Å². The van der Waals surface area contributed by atoms with E-state index in [1.54, 1.807) is 11.0 Å². The van der Waals surface area contributed by atoms with Gasteiger partial charge < -0.3 is 4.90 Å². The number of benzene rings is 2. The molecule has 0 N–H and O–H groups in total. The second-order valence-electron chi connectivity index (χ2n) is 6.40. The standard InChI is InChI=1S/C20H20F2N2O3S2/c21-18-7-6-17(14-19(18)22)28-15-20(25)23-9-11-24(12-10-23)29(26,27)13-8-16-4-2-1-3-5-16/h1-8,13-14H,9-12,15H2/b13-8-. The van der Waals surface area contributed by atoms with Gasteiger partial charge in [-0.1, -0.05) is 30.3 Å². The number of carbonyl (C=O) groups excluding carboxylic acids is 1. The summed E-state index contributed by atoms with van der Waals surface area (Å²) in [4.78, 5) is 14.4. The van der Waals surface area contributed by atoms with Crippen LogP contribution in [-0.4, -0.2) is 55.5 Å². The highest BCUT2D eigenvalue weighted by atomic mass is 32.2. The van der Waals surface area contributed by atoms with Crippen molar-refractivity contribution in [2.75, 3.05) is 31.9 Å². The van der Waals surface area contributed by atoms with Gasteiger partial charge >= 0.3 is 0 Å². The quantitative estimate of drug-likeness (QED) is 0.650. The highest BCUT2D eigenvalue weighted by Crippen LogP contribution is 2.21. The molecule has 1 saturated heterocycles. The van der Waals surface area contributed by atoms with E-state index in [1.165, 1.54) is 15.8 Å². The van der Waals surface area contributed by atoms with Gasteiger partial charge in [-0.05, 0) is 29.8 Å². The third kappa shape index (κ3) is 5.88. The Bertz CT molecular complexity index is 990. The van der Waals surface area contributed by atoms with Crippen molar-refractivity contribution in [3.63, 3.8) is 0 Å². The Morgan fingerprint density at radius 3 is 2.34 bits per heavy atom. The second-order valence-corrected chi connectivity index (χ2v) is 9.27. The molecule has 1 fully saturated rings. The molecule has 0 spiro atoms. The fourth-order valence-electron chi connectivity index (χ4n) is 2.81. The van der Waals surface area contributed by atoms with Gasteiger partial charge in [-0.2, -0.15) is 4.31 Å². The number of hydrogen-bond donors (Lipinski definition) is 0. The predicted octanol–water partition coefficient (Wildman–Crippen LogP) is 3.20. The molecule has 0 aliphatic carbocycles. The number of sulfonamides is 1. The van der Waals surface area contributed by atoms with Crippen LogP contribution in [0.15, 0.2) is 58.8 Å². The van der Waals surface area contributed by atoms with Crippen LogP contribution in [0.5, 0.6) is 0 Å². The third-order valence-electron chi connectivity index (χ3n) is 4.44. The summed E-state index contributed by atoms with van der Waals surface area (Å²) in [5.74, 6) is -1.98. The van der Waals surface area contributed by atoms with Crippen LogP contribution in [0.25, 0.3) is 6.08 Å². The van der Waals surface area contributed by atoms with E-state index in [0.717, 1.165) is 29.5 Å². The van der Waals surface area contributed by atoms with Crippen molar-refractivity contribution in [1.82, 2.24) is 9.21 Å². The summed E-state index contributed by atoms with van der Waals surface area (Å²) in [5.41, 5.74) is 0.791. The van der Waals surface area contributed by atoms with Crippen LogP contribution in [0.4, 0.5) is 8.78 Å². The lowest BCUT2D eigenvalue weighted by molar-refractivity contribution is -0.129. The lowest BCUT2D eigenvalue weighted by atomic mass is 10.2. The van der Waals surface area contributed by atoms with E-state index in [1.807, 2.05) is 30.3 Å². The molecule has 154 valence electrons. The smallest absolute Gasteiger partial charge is 0.236 e. The summed E-state index contributed by atoms with van der Waals surface area (Å²) in [5, 5.41) is 1.18. The average molecular weight is 439 g/mol. The average Bonchev–Trinajstić information content (AvgIpc) is 2.74. The normalized spacial score (nSPS) is 15.7. The minimum atomic E-state index is -3.56. The molecule has 2 aromatic carbocycles. The number of nitrogens with zero attached hydrogens (tertiary/aromatic N) is 2. The SMILES string of the molecule is O=C(CSc1ccc(F)c(F)c1)N1CCN(S(=O)(=O)/C=C\c2ccccc2)CC1. The summed E-state index contributed by atoms with van der Waals surface area (Å²) in [6.07, 6.45) is 1.55. The van der Waals surface area contributed by atoms with Gasteiger partial charge in [0.25, 0.3) is 0 Å². The van der Waals surface area contributed by atoms with Gasteiger partial charge in [0.15, 0.2) is 11.6 Å². The van der Waals surface area contributed by atoms with E-state index < -0.39 is 21.7 Å². The molecule has 1 aliphatic heterocycles. The van der Waals surface area contributed by atoms with Crippen LogP contribution in [0.2, 0.25) is 0 Å². The van der Waals surface area contributed by atoms with Crippen LogP contribution in [0, 0.1) is 11.6 Å². The summed E-state index contributed by atoms with van der Waals surface area (Å²) < 4.78 is 52.5. The number of carbonyl (C=O) groups is 1. The number of rotatable bonds is 6. The molecule has 1 amide bonds. The van der Waals surface area contributed by atoms with Crippen LogP contribution in [0.1, 0.15) is 5.56 Å². The van der Waals surface area contributed by atoms with Gasteiger partial charge in [0.2, 0.25) is 15.9 Å². The van der Waals surface area contributed by atoms with Gasteiger partial charge in [-0.25, -0.2) is 17.2 Å². The van der Waals surface area contributed by atoms with Crippen molar-refractivity contribution in [3.05, 3.63) is 71.1 Å². The van der Waals surface area contributed by atoms with Crippen LogP contribution in [-0.2, 0) is 14.8 Å². The number of halogens is 2. The highest BCUT2D eigenvalue weighted by molar-refractivity contribution is 8.00. The molecule has 1 aliphatic rings. The first kappa shape index (κ1) is 21.5. The molecule has 3 rings (SSSR count). The Labute approximate surface area is 173 Å². The van der Waals surface area contributed by atoms with E-state index in [2.05, 4.69) is 0 Å². The zero-order chi connectivity index (χ0) is 20.9. The Hall–Kier alpha value is -2.23. The number of hydrogen-bond acceptors (Lipinski definition) is 4. The fraction of sp³-hybridized carbons (Fsp3) is 0.250. The molecule has 0 bridgehead atoms. The van der Waals surface area contributed by atoms with Crippen LogP contribution < -0.4 is 0 Å². The molecule has 9 heteroatoms. The molecular formula is C20H20F2N2O3S2. The summed E-state index contributed by atoms with van der Waals surface area (Å²) >= 11 is 1.12. The number of piperazine rings is 1. The molecule has 0 radical (unpaired) electrons. The molecule has 0 aromatic heterocycles. The topological polar surface area (TPSA) is 57.7 Å². The first-order valence-corrected chi connectivity index (χ1v) is 11.4. The molecule has 0 atom stereocenters. The zero-order valence-electron chi connectivity index (χ0n) is 15.5. The first-order chi connectivity index (χ1) is 13.8. The fourth-order valence-corrected chi connectivity index (χ4v) is 4.81. The lowest BCUT2D eigenvalue weighted by Crippen LogP contribution is -2.50. The number of thioether (sulfide) groups is 1. The van der Waals surface area contributed by atoms with Gasteiger partial charge in [0.05, 0.1) is 5.75 Å². The largest absolute Gasteiger partial charge is 0.339 e. The molecule has 1 heterocycles. The second kappa shape index (κ2) is 9.51. The van der Waals surface area contributed by atoms with Crippen LogP contribution in [0.3, 0.4) is 0 Å². The summed E-state index contributed by atoms with van der Waals surface area (Å²) in [6, 6.07) is 12.6. The maximum Gasteiger partial charge on any atom is 0.236 e. The highest BCUT2D eigenvalue weighted by Gasteiger charge is 2.27. The van der Waals surface area contributed by atoms with Crippen molar-refractivity contribution in [2.24, 2.45) is 0 Å². The van der Waals surface area contributed by atoms with E-state index in [-0.39, 0.29) is 37.8 Å².